The summed E-state index contributed by atoms with van der Waals surface area (Å²) in [4.78, 5) is 14.2. The first-order valence-corrected chi connectivity index (χ1v) is 9.94. The van der Waals surface area contributed by atoms with Crippen molar-refractivity contribution < 1.29 is 4.79 Å². The average molecular weight is 321 g/mol. The second-order valence-electron chi connectivity index (χ2n) is 7.25. The zero-order valence-electron chi connectivity index (χ0n) is 16.3. The lowest BCUT2D eigenvalue weighted by Gasteiger charge is -2.14. The number of hydrogen-bond donors (Lipinski definition) is 0. The molecule has 0 heterocycles. The Morgan fingerprint density at radius 3 is 1.96 bits per heavy atom. The minimum Gasteiger partial charge on any atom is -0.307 e. The minimum absolute atomic E-state index is 0.320. The van der Waals surface area contributed by atoms with Crippen molar-refractivity contribution in [1.82, 2.24) is 4.90 Å². The van der Waals surface area contributed by atoms with Crippen LogP contribution >= 0.6 is 0 Å². The predicted octanol–water partition coefficient (Wildman–Crippen LogP) is 5.19. The number of carbonyl (C=O) groups is 1. The van der Waals surface area contributed by atoms with Crippen molar-refractivity contribution in [1.29, 1.82) is 0 Å². The smallest absolute Gasteiger partial charge is 0.214 e. The molecule has 0 saturated heterocycles. The normalized spacial score (nSPS) is 12.9. The molecule has 0 aliphatic heterocycles. The van der Waals surface area contributed by atoms with Crippen molar-refractivity contribution >= 4 is 13.0 Å². The summed E-state index contributed by atoms with van der Waals surface area (Å²) in [6, 6.07) is 0. The molecule has 1 unspecified atom stereocenters. The van der Waals surface area contributed by atoms with Crippen LogP contribution in [0.25, 0.3) is 0 Å². The Morgan fingerprint density at radius 2 is 1.43 bits per heavy atom. The molecule has 0 N–H and O–H groups in total. The summed E-state index contributed by atoms with van der Waals surface area (Å²) in [6.07, 6.45) is 18.2. The van der Waals surface area contributed by atoms with Gasteiger partial charge in [0.15, 0.2) is 0 Å². The van der Waals surface area contributed by atoms with Crippen LogP contribution in [0, 0.1) is 0 Å². The molecule has 23 heavy (non-hydrogen) atoms. The van der Waals surface area contributed by atoms with Crippen molar-refractivity contribution in [3.63, 3.8) is 0 Å². The maximum atomic E-state index is 12.2. The molecular weight excluding hydrogens is 281 g/mol. The van der Waals surface area contributed by atoms with Gasteiger partial charge in [-0.15, -0.1) is 0 Å². The summed E-state index contributed by atoms with van der Waals surface area (Å²) in [5.41, 5.74) is 0.320. The first kappa shape index (κ1) is 22.4. The van der Waals surface area contributed by atoms with Gasteiger partial charge in [0.25, 0.3) is 0 Å². The summed E-state index contributed by atoms with van der Waals surface area (Å²) in [5, 5.41) is 0. The van der Waals surface area contributed by atoms with Crippen LogP contribution in [0.1, 0.15) is 84.5 Å². The number of likely N-dealkylation sites (N-methyl/N-ethyl adjacent to an activating group) is 1. The number of allylic oxidation sites excluding steroid dienone is 1. The summed E-state index contributed by atoms with van der Waals surface area (Å²) in [6.45, 7) is 5.36. The highest BCUT2D eigenvalue weighted by atomic mass is 16.1. The van der Waals surface area contributed by atoms with E-state index in [9.17, 15) is 4.79 Å². The van der Waals surface area contributed by atoms with Crippen LogP contribution in [0.15, 0.2) is 12.2 Å². The Bertz CT molecular complexity index is 302. The second kappa shape index (κ2) is 16.3. The third-order valence-corrected chi connectivity index (χ3v) is 4.45. The fourth-order valence-corrected chi connectivity index (χ4v) is 2.99. The molecule has 0 saturated carbocycles. The Morgan fingerprint density at radius 1 is 0.913 bits per heavy atom. The molecule has 0 aliphatic carbocycles. The molecule has 1 atom stereocenters. The topological polar surface area (TPSA) is 20.3 Å². The summed E-state index contributed by atoms with van der Waals surface area (Å²) in [5.74, 6) is 0.602. The molecule has 0 spiro atoms. The van der Waals surface area contributed by atoms with E-state index >= 15 is 0 Å². The molecule has 0 aromatic heterocycles. The molecule has 0 aliphatic rings. The van der Waals surface area contributed by atoms with Crippen LogP contribution in [0.4, 0.5) is 0 Å². The molecule has 134 valence electrons. The Balaban J connectivity index is 4.12. The van der Waals surface area contributed by atoms with Gasteiger partial charge in [-0.1, -0.05) is 96.4 Å². The highest BCUT2D eigenvalue weighted by Crippen LogP contribution is 2.23. The minimum atomic E-state index is 0.320. The maximum Gasteiger partial charge on any atom is 0.214 e. The molecule has 0 aromatic rings. The van der Waals surface area contributed by atoms with Gasteiger partial charge < -0.3 is 9.69 Å². The van der Waals surface area contributed by atoms with Crippen molar-refractivity contribution in [3.8, 4) is 0 Å². The van der Waals surface area contributed by atoms with Gasteiger partial charge in [0.2, 0.25) is 7.28 Å². The van der Waals surface area contributed by atoms with E-state index in [-0.39, 0.29) is 0 Å². The van der Waals surface area contributed by atoms with E-state index in [1.165, 1.54) is 70.6 Å². The largest absolute Gasteiger partial charge is 0.307 e. The highest BCUT2D eigenvalue weighted by molar-refractivity contribution is 6.77. The maximum absolute atomic E-state index is 12.2. The van der Waals surface area contributed by atoms with E-state index in [1.54, 1.807) is 6.08 Å². The van der Waals surface area contributed by atoms with E-state index in [0.29, 0.717) is 11.5 Å². The van der Waals surface area contributed by atoms with Gasteiger partial charge in [-0.05, 0) is 20.2 Å². The molecule has 0 rings (SSSR count). The van der Waals surface area contributed by atoms with Gasteiger partial charge in [-0.2, -0.15) is 0 Å². The third kappa shape index (κ3) is 16.1. The lowest BCUT2D eigenvalue weighted by molar-refractivity contribution is -0.108. The van der Waals surface area contributed by atoms with E-state index in [4.69, 9.17) is 0 Å². The van der Waals surface area contributed by atoms with E-state index in [2.05, 4.69) is 18.7 Å². The fraction of sp³-hybridized carbons (Fsp3) is 0.850. The second-order valence-corrected chi connectivity index (χ2v) is 7.25. The molecule has 3 heteroatoms. The lowest BCUT2D eigenvalue weighted by atomic mass is 9.57. The quantitative estimate of drug-likeness (QED) is 0.222. The molecule has 0 amide bonds. The summed E-state index contributed by atoms with van der Waals surface area (Å²) < 4.78 is 0. The van der Waals surface area contributed by atoms with E-state index in [0.717, 1.165) is 13.8 Å². The molecule has 0 fully saturated rings. The first-order valence-electron chi connectivity index (χ1n) is 9.94. The average Bonchev–Trinajstić information content (AvgIpc) is 2.50. The van der Waals surface area contributed by atoms with Crippen LogP contribution in [0.5, 0.6) is 0 Å². The fourth-order valence-electron chi connectivity index (χ4n) is 2.99. The van der Waals surface area contributed by atoms with Crippen LogP contribution < -0.4 is 0 Å². The standard InChI is InChI=1S/C20H40BNO/c1-5-7-9-11-13-16-19(15-12-10-8-6-2)21-20(23)17-14-18-22(3)4/h14,17,19,21H,5-13,15-16,18H2,1-4H3/b17-14+. The summed E-state index contributed by atoms with van der Waals surface area (Å²) in [7, 11) is 4.81. The van der Waals surface area contributed by atoms with Crippen molar-refractivity contribution in [2.45, 2.75) is 90.3 Å². The number of nitrogens with zero attached hydrogens (tertiary/aromatic N) is 1. The Hall–Kier alpha value is -0.565. The van der Waals surface area contributed by atoms with E-state index in [1.807, 2.05) is 20.2 Å². The predicted molar refractivity (Wildman–Crippen MR) is 106 cm³/mol. The van der Waals surface area contributed by atoms with Crippen LogP contribution in [0.3, 0.4) is 0 Å². The van der Waals surface area contributed by atoms with E-state index < -0.39 is 0 Å². The van der Waals surface area contributed by atoms with Gasteiger partial charge in [0.1, 0.15) is 5.68 Å². The van der Waals surface area contributed by atoms with Gasteiger partial charge >= 0.3 is 0 Å². The zero-order valence-corrected chi connectivity index (χ0v) is 16.3. The number of rotatable bonds is 16. The van der Waals surface area contributed by atoms with Crippen molar-refractivity contribution in [3.05, 3.63) is 12.2 Å². The number of carbonyl (C=O) groups excluding carboxylic acids is 1. The van der Waals surface area contributed by atoms with Gasteiger partial charge in [-0.3, -0.25) is 0 Å². The number of hydrogen-bond acceptors (Lipinski definition) is 2. The summed E-state index contributed by atoms with van der Waals surface area (Å²) >= 11 is 0. The molecule has 0 bridgehead atoms. The molecule has 2 nitrogen and oxygen atoms in total. The molecule has 0 radical (unpaired) electrons. The van der Waals surface area contributed by atoms with Gasteiger partial charge in [0.05, 0.1) is 0 Å². The first-order chi connectivity index (χ1) is 11.1. The Kier molecular flexibility index (Phi) is 15.9. The lowest BCUT2D eigenvalue weighted by Crippen LogP contribution is -2.15. The van der Waals surface area contributed by atoms with Gasteiger partial charge in [-0.25, -0.2) is 0 Å². The van der Waals surface area contributed by atoms with Crippen LogP contribution in [-0.4, -0.2) is 38.5 Å². The van der Waals surface area contributed by atoms with Crippen LogP contribution in [-0.2, 0) is 4.79 Å². The van der Waals surface area contributed by atoms with Gasteiger partial charge in [0, 0.05) is 6.54 Å². The highest BCUT2D eigenvalue weighted by Gasteiger charge is 2.14. The Labute approximate surface area is 146 Å². The SMILES string of the molecule is CCCCCCCC(BC(=O)/C=C/CN(C)C)CCCCCC. The molecular formula is C20H40BNO. The monoisotopic (exact) mass is 321 g/mol. The van der Waals surface area contributed by atoms with Crippen LogP contribution in [0.2, 0.25) is 5.82 Å². The van der Waals surface area contributed by atoms with Crippen molar-refractivity contribution in [2.24, 2.45) is 0 Å². The molecule has 0 aromatic carbocycles. The zero-order chi connectivity index (χ0) is 17.3. The third-order valence-electron chi connectivity index (χ3n) is 4.45. The number of unbranched alkanes of at least 4 members (excludes halogenated alkanes) is 7. The van der Waals surface area contributed by atoms with Crippen molar-refractivity contribution in [2.75, 3.05) is 20.6 Å².